The molecule has 0 heterocycles. The van der Waals surface area contributed by atoms with Gasteiger partial charge in [-0.2, -0.15) is 0 Å². The Morgan fingerprint density at radius 3 is 3.14 bits per heavy atom. The third-order valence-electron chi connectivity index (χ3n) is 2.29. The average molecular weight is 197 g/mol. The van der Waals surface area contributed by atoms with Gasteiger partial charge in [-0.3, -0.25) is 0 Å². The van der Waals surface area contributed by atoms with Crippen molar-refractivity contribution in [1.82, 2.24) is 5.32 Å². The number of rotatable bonds is 4. The van der Waals surface area contributed by atoms with Crippen LogP contribution in [0.4, 0.5) is 4.79 Å². The molecule has 1 rings (SSSR count). The lowest BCUT2D eigenvalue weighted by atomic mass is 10.0. The van der Waals surface area contributed by atoms with Gasteiger partial charge in [-0.1, -0.05) is 25.5 Å². The quantitative estimate of drug-likeness (QED) is 0.555. The van der Waals surface area contributed by atoms with Gasteiger partial charge >= 0.3 is 6.09 Å². The third kappa shape index (κ3) is 4.30. The fourth-order valence-corrected chi connectivity index (χ4v) is 1.43. The molecule has 0 aromatic carbocycles. The number of hydrogen-bond acceptors (Lipinski definition) is 2. The lowest BCUT2D eigenvalue weighted by molar-refractivity contribution is 0.141. The van der Waals surface area contributed by atoms with Crippen molar-refractivity contribution in [2.24, 2.45) is 0 Å². The molecule has 0 fully saturated rings. The Labute approximate surface area is 85.5 Å². The van der Waals surface area contributed by atoms with Crippen molar-refractivity contribution in [3.05, 3.63) is 12.2 Å². The third-order valence-corrected chi connectivity index (χ3v) is 2.29. The molecule has 1 aliphatic carbocycles. The maximum absolute atomic E-state index is 11.2. The van der Waals surface area contributed by atoms with E-state index in [0.29, 0.717) is 6.61 Å². The second-order valence-corrected chi connectivity index (χ2v) is 3.60. The van der Waals surface area contributed by atoms with Crippen LogP contribution >= 0.6 is 0 Å². The summed E-state index contributed by atoms with van der Waals surface area (Å²) in [6, 6.07) is 0.179. The van der Waals surface area contributed by atoms with E-state index in [1.54, 1.807) is 0 Å². The summed E-state index contributed by atoms with van der Waals surface area (Å²) in [6.07, 6.45) is 9.17. The fourth-order valence-electron chi connectivity index (χ4n) is 1.43. The van der Waals surface area contributed by atoms with Crippen molar-refractivity contribution >= 4 is 6.09 Å². The summed E-state index contributed by atoms with van der Waals surface area (Å²) < 4.78 is 5.00. The molecule has 0 spiro atoms. The standard InChI is InChI=1S/C11H19NO2/c1-2-3-9-14-11(13)12-10-7-5-4-6-8-10/h5,7,10H,2-4,6,8-9H2,1H3,(H,12,13). The highest BCUT2D eigenvalue weighted by Crippen LogP contribution is 2.09. The van der Waals surface area contributed by atoms with E-state index in [4.69, 9.17) is 4.74 Å². The van der Waals surface area contributed by atoms with Crippen molar-refractivity contribution in [3.8, 4) is 0 Å². The van der Waals surface area contributed by atoms with Crippen LogP contribution in [-0.4, -0.2) is 18.7 Å². The first-order chi connectivity index (χ1) is 6.83. The highest BCUT2D eigenvalue weighted by Gasteiger charge is 2.11. The summed E-state index contributed by atoms with van der Waals surface area (Å²) in [7, 11) is 0. The van der Waals surface area contributed by atoms with Crippen LogP contribution in [-0.2, 0) is 4.74 Å². The van der Waals surface area contributed by atoms with Gasteiger partial charge in [0.2, 0.25) is 0 Å². The zero-order valence-electron chi connectivity index (χ0n) is 8.79. The van der Waals surface area contributed by atoms with Crippen molar-refractivity contribution in [2.45, 2.75) is 45.1 Å². The first-order valence-corrected chi connectivity index (χ1v) is 5.43. The van der Waals surface area contributed by atoms with E-state index in [9.17, 15) is 4.79 Å². The minimum Gasteiger partial charge on any atom is -0.450 e. The molecular formula is C11H19NO2. The zero-order chi connectivity index (χ0) is 10.2. The first kappa shape index (κ1) is 11.1. The lowest BCUT2D eigenvalue weighted by Crippen LogP contribution is -2.34. The van der Waals surface area contributed by atoms with Crippen molar-refractivity contribution < 1.29 is 9.53 Å². The topological polar surface area (TPSA) is 38.3 Å². The van der Waals surface area contributed by atoms with Gasteiger partial charge in [-0.15, -0.1) is 0 Å². The van der Waals surface area contributed by atoms with Crippen LogP contribution in [0.5, 0.6) is 0 Å². The number of carbonyl (C=O) groups excluding carboxylic acids is 1. The Morgan fingerprint density at radius 2 is 2.50 bits per heavy atom. The maximum Gasteiger partial charge on any atom is 0.407 e. The Kier molecular flexibility index (Phi) is 5.12. The summed E-state index contributed by atoms with van der Waals surface area (Å²) in [6.45, 7) is 2.60. The smallest absolute Gasteiger partial charge is 0.407 e. The molecule has 0 radical (unpaired) electrons. The molecule has 0 bridgehead atoms. The van der Waals surface area contributed by atoms with Gasteiger partial charge in [-0.05, 0) is 25.7 Å². The van der Waals surface area contributed by atoms with Crippen LogP contribution in [0.2, 0.25) is 0 Å². The van der Waals surface area contributed by atoms with Gasteiger partial charge in [0.05, 0.1) is 12.6 Å². The SMILES string of the molecule is CCCCOC(=O)NC1C=CCCC1. The number of unbranched alkanes of at least 4 members (excludes halogenated alkanes) is 1. The van der Waals surface area contributed by atoms with E-state index < -0.39 is 0 Å². The van der Waals surface area contributed by atoms with Crippen LogP contribution in [0.3, 0.4) is 0 Å². The van der Waals surface area contributed by atoms with Gasteiger partial charge in [-0.25, -0.2) is 4.79 Å². The molecule has 1 amide bonds. The number of carbonyl (C=O) groups is 1. The first-order valence-electron chi connectivity index (χ1n) is 5.43. The molecule has 3 heteroatoms. The predicted molar refractivity (Wildman–Crippen MR) is 56.2 cm³/mol. The minimum atomic E-state index is -0.282. The number of hydrogen-bond donors (Lipinski definition) is 1. The monoisotopic (exact) mass is 197 g/mol. The van der Waals surface area contributed by atoms with Gasteiger partial charge in [0.15, 0.2) is 0 Å². The number of allylic oxidation sites excluding steroid dienone is 1. The van der Waals surface area contributed by atoms with Gasteiger partial charge < -0.3 is 10.1 Å². The van der Waals surface area contributed by atoms with Crippen LogP contribution in [0.15, 0.2) is 12.2 Å². The number of alkyl carbamates (subject to hydrolysis) is 1. The summed E-state index contributed by atoms with van der Waals surface area (Å²) in [5, 5.41) is 2.83. The molecule has 0 aliphatic heterocycles. The molecule has 1 N–H and O–H groups in total. The largest absolute Gasteiger partial charge is 0.450 e. The number of ether oxygens (including phenoxy) is 1. The molecule has 3 nitrogen and oxygen atoms in total. The zero-order valence-corrected chi connectivity index (χ0v) is 8.79. The van der Waals surface area contributed by atoms with Crippen LogP contribution in [0, 0.1) is 0 Å². The van der Waals surface area contributed by atoms with Gasteiger partial charge in [0.1, 0.15) is 0 Å². The second kappa shape index (κ2) is 6.46. The molecule has 1 atom stereocenters. The van der Waals surface area contributed by atoms with Crippen LogP contribution in [0.1, 0.15) is 39.0 Å². The summed E-state index contributed by atoms with van der Waals surface area (Å²) in [5.41, 5.74) is 0. The average Bonchev–Trinajstić information content (AvgIpc) is 2.20. The summed E-state index contributed by atoms with van der Waals surface area (Å²) in [5.74, 6) is 0. The van der Waals surface area contributed by atoms with E-state index in [1.165, 1.54) is 0 Å². The molecule has 0 saturated heterocycles. The highest BCUT2D eigenvalue weighted by molar-refractivity contribution is 5.67. The highest BCUT2D eigenvalue weighted by atomic mass is 16.5. The van der Waals surface area contributed by atoms with Crippen molar-refractivity contribution in [3.63, 3.8) is 0 Å². The van der Waals surface area contributed by atoms with E-state index >= 15 is 0 Å². The molecule has 14 heavy (non-hydrogen) atoms. The van der Waals surface area contributed by atoms with Crippen molar-refractivity contribution in [2.75, 3.05) is 6.61 Å². The Bertz CT molecular complexity index is 201. The van der Waals surface area contributed by atoms with Gasteiger partial charge in [0.25, 0.3) is 0 Å². The Morgan fingerprint density at radius 1 is 1.64 bits per heavy atom. The summed E-state index contributed by atoms with van der Waals surface area (Å²) >= 11 is 0. The molecule has 1 unspecified atom stereocenters. The lowest BCUT2D eigenvalue weighted by Gasteiger charge is -2.17. The summed E-state index contributed by atoms with van der Waals surface area (Å²) in [4.78, 5) is 11.2. The molecule has 80 valence electrons. The fraction of sp³-hybridized carbons (Fsp3) is 0.727. The minimum absolute atomic E-state index is 0.179. The van der Waals surface area contributed by atoms with E-state index in [0.717, 1.165) is 32.1 Å². The van der Waals surface area contributed by atoms with Gasteiger partial charge in [0, 0.05) is 0 Å². The Hall–Kier alpha value is -0.990. The molecular weight excluding hydrogens is 178 g/mol. The number of nitrogens with one attached hydrogen (secondary N) is 1. The van der Waals surface area contributed by atoms with Crippen LogP contribution < -0.4 is 5.32 Å². The van der Waals surface area contributed by atoms with E-state index in [1.807, 2.05) is 6.08 Å². The second-order valence-electron chi connectivity index (χ2n) is 3.60. The van der Waals surface area contributed by atoms with Crippen LogP contribution in [0.25, 0.3) is 0 Å². The predicted octanol–water partition coefficient (Wildman–Crippen LogP) is 2.62. The molecule has 0 saturated carbocycles. The van der Waals surface area contributed by atoms with E-state index in [-0.39, 0.29) is 12.1 Å². The molecule has 0 aromatic rings. The maximum atomic E-state index is 11.2. The normalized spacial score (nSPS) is 20.5. The van der Waals surface area contributed by atoms with E-state index in [2.05, 4.69) is 18.3 Å². The Balaban J connectivity index is 2.12. The molecule has 1 aliphatic rings. The molecule has 0 aromatic heterocycles. The van der Waals surface area contributed by atoms with Crippen molar-refractivity contribution in [1.29, 1.82) is 0 Å². The number of amides is 1.